The third-order valence-corrected chi connectivity index (χ3v) is 7.82. The van der Waals surface area contributed by atoms with E-state index in [-0.39, 0.29) is 0 Å². The van der Waals surface area contributed by atoms with Crippen molar-refractivity contribution in [1.82, 2.24) is 0 Å². The summed E-state index contributed by atoms with van der Waals surface area (Å²) in [5, 5.41) is 7.17. The number of nitrogens with zero attached hydrogens (tertiary/aromatic N) is 1. The van der Waals surface area contributed by atoms with Crippen LogP contribution in [-0.4, -0.2) is 0 Å². The molecule has 0 aliphatic carbocycles. The first-order valence-electron chi connectivity index (χ1n) is 13.6. The first kappa shape index (κ1) is 22.6. The summed E-state index contributed by atoms with van der Waals surface area (Å²) >= 11 is 0. The van der Waals surface area contributed by atoms with Gasteiger partial charge in [-0.1, -0.05) is 97.1 Å². The van der Waals surface area contributed by atoms with Crippen LogP contribution in [0.15, 0.2) is 156 Å². The third kappa shape index (κ3) is 3.73. The molecule has 8 rings (SSSR count). The van der Waals surface area contributed by atoms with Crippen LogP contribution in [0.3, 0.4) is 0 Å². The second-order valence-electron chi connectivity index (χ2n) is 10.2. The van der Waals surface area contributed by atoms with Gasteiger partial charge in [0.25, 0.3) is 0 Å². The Labute approximate surface area is 232 Å². The van der Waals surface area contributed by atoms with E-state index in [9.17, 15) is 0 Å². The van der Waals surface area contributed by atoms with Crippen LogP contribution >= 0.6 is 0 Å². The Bertz CT molecular complexity index is 2150. The number of hydrogen-bond acceptors (Lipinski definition) is 2. The minimum absolute atomic E-state index is 0.897. The van der Waals surface area contributed by atoms with E-state index in [1.54, 1.807) is 0 Å². The van der Waals surface area contributed by atoms with Crippen molar-refractivity contribution in [3.05, 3.63) is 152 Å². The molecule has 0 radical (unpaired) electrons. The highest BCUT2D eigenvalue weighted by Gasteiger charge is 2.16. The zero-order valence-corrected chi connectivity index (χ0v) is 21.8. The normalized spacial score (nSPS) is 11.5. The van der Waals surface area contributed by atoms with Crippen molar-refractivity contribution in [3.8, 4) is 11.1 Å². The zero-order chi connectivity index (χ0) is 26.5. The maximum atomic E-state index is 6.29. The van der Waals surface area contributed by atoms with Gasteiger partial charge in [0.1, 0.15) is 11.2 Å². The maximum absolute atomic E-state index is 6.29. The van der Waals surface area contributed by atoms with Gasteiger partial charge in [0.15, 0.2) is 0 Å². The quantitative estimate of drug-likeness (QED) is 0.234. The number of rotatable bonds is 4. The molecule has 0 atom stereocenters. The van der Waals surface area contributed by atoms with E-state index in [1.165, 1.54) is 32.7 Å². The van der Waals surface area contributed by atoms with Gasteiger partial charge >= 0.3 is 0 Å². The first-order valence-corrected chi connectivity index (χ1v) is 13.6. The van der Waals surface area contributed by atoms with E-state index >= 15 is 0 Å². The largest absolute Gasteiger partial charge is 0.456 e. The molecule has 0 aliphatic rings. The number of benzene rings is 7. The lowest BCUT2D eigenvalue weighted by Crippen LogP contribution is -2.09. The van der Waals surface area contributed by atoms with Crippen molar-refractivity contribution in [2.75, 3.05) is 4.90 Å². The summed E-state index contributed by atoms with van der Waals surface area (Å²) in [6, 6.07) is 53.8. The van der Waals surface area contributed by atoms with Crippen LogP contribution < -0.4 is 4.90 Å². The fourth-order valence-corrected chi connectivity index (χ4v) is 5.88. The summed E-state index contributed by atoms with van der Waals surface area (Å²) in [7, 11) is 0. The summed E-state index contributed by atoms with van der Waals surface area (Å²) in [5.74, 6) is 0. The average molecular weight is 512 g/mol. The molecular formula is C38H25NO. The van der Waals surface area contributed by atoms with Gasteiger partial charge in [0, 0.05) is 27.8 Å². The Morgan fingerprint density at radius 1 is 0.375 bits per heavy atom. The van der Waals surface area contributed by atoms with Crippen LogP contribution in [0.4, 0.5) is 17.1 Å². The van der Waals surface area contributed by atoms with E-state index in [1.807, 2.05) is 0 Å². The van der Waals surface area contributed by atoms with Crippen LogP contribution in [-0.2, 0) is 0 Å². The molecule has 0 saturated heterocycles. The third-order valence-electron chi connectivity index (χ3n) is 7.82. The van der Waals surface area contributed by atoms with Gasteiger partial charge in [-0.15, -0.1) is 0 Å². The van der Waals surface area contributed by atoms with Crippen LogP contribution in [0, 0.1) is 0 Å². The molecular weight excluding hydrogens is 486 g/mol. The molecule has 0 spiro atoms. The minimum Gasteiger partial charge on any atom is -0.456 e. The fourth-order valence-electron chi connectivity index (χ4n) is 5.88. The van der Waals surface area contributed by atoms with Crippen LogP contribution in [0.25, 0.3) is 54.6 Å². The Morgan fingerprint density at radius 3 is 1.82 bits per heavy atom. The lowest BCUT2D eigenvalue weighted by atomic mass is 9.98. The van der Waals surface area contributed by atoms with Crippen molar-refractivity contribution >= 4 is 60.5 Å². The van der Waals surface area contributed by atoms with Gasteiger partial charge in [-0.25, -0.2) is 0 Å². The molecule has 0 aliphatic heterocycles. The van der Waals surface area contributed by atoms with Gasteiger partial charge in [-0.05, 0) is 87.3 Å². The molecule has 0 amide bonds. The standard InChI is InChI=1S/C38H25NO/c1-2-13-30(14-3-1)39(31-19-17-27(18-20-31)34-16-8-12-26-9-6-7-15-33(26)34)32-21-22-37-36(25-32)35-23-28-10-4-5-11-29(28)24-38(35)40-37/h1-25H. The highest BCUT2D eigenvalue weighted by Crippen LogP contribution is 2.40. The van der Waals surface area contributed by atoms with Gasteiger partial charge in [0.2, 0.25) is 0 Å². The minimum atomic E-state index is 0.897. The maximum Gasteiger partial charge on any atom is 0.136 e. The molecule has 0 saturated carbocycles. The van der Waals surface area contributed by atoms with Crippen LogP contribution in [0.5, 0.6) is 0 Å². The Kier molecular flexibility index (Phi) is 5.17. The molecule has 7 aromatic carbocycles. The number of hydrogen-bond donors (Lipinski definition) is 0. The van der Waals surface area contributed by atoms with Gasteiger partial charge in [-0.2, -0.15) is 0 Å². The van der Waals surface area contributed by atoms with Crippen molar-refractivity contribution < 1.29 is 4.42 Å². The van der Waals surface area contributed by atoms with Crippen molar-refractivity contribution in [2.24, 2.45) is 0 Å². The zero-order valence-electron chi connectivity index (χ0n) is 21.8. The summed E-state index contributed by atoms with van der Waals surface area (Å²) in [5.41, 5.74) is 7.56. The van der Waals surface area contributed by atoms with Gasteiger partial charge in [-0.3, -0.25) is 0 Å². The molecule has 40 heavy (non-hydrogen) atoms. The highest BCUT2D eigenvalue weighted by molar-refractivity contribution is 6.11. The van der Waals surface area contributed by atoms with E-state index in [4.69, 9.17) is 4.42 Å². The Hall–Kier alpha value is -5.34. The van der Waals surface area contributed by atoms with Crippen molar-refractivity contribution in [2.45, 2.75) is 0 Å². The first-order chi connectivity index (χ1) is 19.8. The fraction of sp³-hybridized carbons (Fsp3) is 0. The molecule has 0 unspecified atom stereocenters. The van der Waals surface area contributed by atoms with Crippen LogP contribution in [0.1, 0.15) is 0 Å². The smallest absolute Gasteiger partial charge is 0.136 e. The van der Waals surface area contributed by atoms with E-state index < -0.39 is 0 Å². The summed E-state index contributed by atoms with van der Waals surface area (Å²) in [6.07, 6.45) is 0. The SMILES string of the molecule is c1ccc(N(c2ccc(-c3cccc4ccccc34)cc2)c2ccc3oc4cc5ccccc5cc4c3c2)cc1. The lowest BCUT2D eigenvalue weighted by Gasteiger charge is -2.25. The lowest BCUT2D eigenvalue weighted by molar-refractivity contribution is 0.669. The molecule has 2 nitrogen and oxygen atoms in total. The molecule has 0 bridgehead atoms. The Balaban J connectivity index is 1.27. The Morgan fingerprint density at radius 2 is 1.00 bits per heavy atom. The molecule has 0 fully saturated rings. The van der Waals surface area contributed by atoms with Crippen LogP contribution in [0.2, 0.25) is 0 Å². The second kappa shape index (κ2) is 9.14. The van der Waals surface area contributed by atoms with Gasteiger partial charge < -0.3 is 9.32 Å². The summed E-state index contributed by atoms with van der Waals surface area (Å²) in [6.45, 7) is 0. The van der Waals surface area contributed by atoms with Crippen molar-refractivity contribution in [1.29, 1.82) is 0 Å². The number of fused-ring (bicyclic) bond motifs is 5. The molecule has 2 heteroatoms. The monoisotopic (exact) mass is 511 g/mol. The summed E-state index contributed by atoms with van der Waals surface area (Å²) in [4.78, 5) is 2.31. The van der Waals surface area contributed by atoms with E-state index in [2.05, 4.69) is 157 Å². The molecule has 1 aromatic heterocycles. The average Bonchev–Trinajstić information content (AvgIpc) is 3.37. The molecule has 1 heterocycles. The van der Waals surface area contributed by atoms with Crippen molar-refractivity contribution in [3.63, 3.8) is 0 Å². The second-order valence-corrected chi connectivity index (χ2v) is 10.2. The number of para-hydroxylation sites is 1. The summed E-state index contributed by atoms with van der Waals surface area (Å²) < 4.78 is 6.29. The molecule has 8 aromatic rings. The molecule has 188 valence electrons. The number of furan rings is 1. The van der Waals surface area contributed by atoms with E-state index in [0.717, 1.165) is 39.0 Å². The topological polar surface area (TPSA) is 16.4 Å². The molecule has 0 N–H and O–H groups in total. The van der Waals surface area contributed by atoms with E-state index in [0.29, 0.717) is 0 Å². The highest BCUT2D eigenvalue weighted by atomic mass is 16.3. The van der Waals surface area contributed by atoms with Gasteiger partial charge in [0.05, 0.1) is 0 Å². The predicted octanol–water partition coefficient (Wildman–Crippen LogP) is 11.0. The predicted molar refractivity (Wildman–Crippen MR) is 169 cm³/mol. The number of anilines is 3.